The Labute approximate surface area is 583 Å². The van der Waals surface area contributed by atoms with Gasteiger partial charge >= 0.3 is 30.2 Å². The Kier molecular flexibility index (Phi) is 41.2. The van der Waals surface area contributed by atoms with E-state index >= 15 is 18.1 Å². The quantitative estimate of drug-likeness (QED) is 0.0144. The highest BCUT2D eigenvalue weighted by atomic mass is 31.2. The van der Waals surface area contributed by atoms with E-state index in [1.807, 2.05) is 0 Å². The zero-order chi connectivity index (χ0) is 70.3. The van der Waals surface area contributed by atoms with Gasteiger partial charge in [-0.1, -0.05) is 291 Å². The third-order valence-corrected chi connectivity index (χ3v) is 20.1. The highest BCUT2D eigenvalue weighted by molar-refractivity contribution is 7.74. The highest BCUT2D eigenvalue weighted by Gasteiger charge is 2.57. The van der Waals surface area contributed by atoms with Crippen LogP contribution in [0.2, 0.25) is 0 Å². The number of rotatable bonds is 53. The van der Waals surface area contributed by atoms with Crippen LogP contribution in [0.3, 0.4) is 0 Å². The minimum absolute atomic E-state index is 0.124. The first-order valence-corrected chi connectivity index (χ1v) is 38.4. The summed E-state index contributed by atoms with van der Waals surface area (Å²) in [5.41, 5.74) is 1.21. The Bertz CT molecular complexity index is 2810. The number of ether oxygens (including phenoxy) is 8. The molecule has 544 valence electrons. The predicted octanol–water partition coefficient (Wildman–Crippen LogP) is 19.2. The topological polar surface area (TPSA) is 198 Å². The zero-order valence-electron chi connectivity index (χ0n) is 58.9. The summed E-state index contributed by atoms with van der Waals surface area (Å²) in [7, 11) is -4.44. The van der Waals surface area contributed by atoms with Crippen LogP contribution in [-0.4, -0.2) is 92.1 Å². The van der Waals surface area contributed by atoms with Gasteiger partial charge in [-0.2, -0.15) is 8.78 Å². The van der Waals surface area contributed by atoms with Crippen LogP contribution in [0, 0.1) is 0 Å². The molecule has 4 aromatic carbocycles. The van der Waals surface area contributed by atoms with E-state index in [1.54, 1.807) is 121 Å². The second-order valence-electron chi connectivity index (χ2n) is 25.8. The third kappa shape index (κ3) is 31.8. The molecule has 1 aliphatic rings. The second-order valence-corrected chi connectivity index (χ2v) is 28.2. The van der Waals surface area contributed by atoms with E-state index in [4.69, 9.17) is 42.4 Å². The largest absolute Gasteiger partial charge is 0.509 e. The van der Waals surface area contributed by atoms with Crippen molar-refractivity contribution in [3.05, 3.63) is 145 Å². The van der Waals surface area contributed by atoms with Crippen LogP contribution in [0.1, 0.15) is 244 Å². The van der Waals surface area contributed by atoms with Gasteiger partial charge in [0.05, 0.1) is 13.0 Å². The molecule has 0 spiro atoms. The molecular formula is C79H114F2NO15P. The summed E-state index contributed by atoms with van der Waals surface area (Å²) in [4.78, 5) is 71.0. The fourth-order valence-electron chi connectivity index (χ4n) is 12.0. The van der Waals surface area contributed by atoms with Crippen molar-refractivity contribution in [3.63, 3.8) is 0 Å². The minimum atomic E-state index is -4.52. The van der Waals surface area contributed by atoms with Crippen molar-refractivity contribution in [2.24, 2.45) is 0 Å². The molecular weight excluding hydrogens is 1270 g/mol. The van der Waals surface area contributed by atoms with Gasteiger partial charge in [-0.15, -0.1) is 6.58 Å². The van der Waals surface area contributed by atoms with Gasteiger partial charge < -0.3 is 47.7 Å². The van der Waals surface area contributed by atoms with Crippen LogP contribution >= 0.6 is 7.37 Å². The maximum absolute atomic E-state index is 17.6. The molecule has 98 heavy (non-hydrogen) atoms. The van der Waals surface area contributed by atoms with Gasteiger partial charge in [0.1, 0.15) is 44.2 Å². The smallest absolute Gasteiger partial charge is 0.462 e. The van der Waals surface area contributed by atoms with Gasteiger partial charge in [-0.25, -0.2) is 9.59 Å². The van der Waals surface area contributed by atoms with E-state index in [0.717, 1.165) is 109 Å². The number of carbonyl (C=O) groups excluding carboxylic acids is 5. The summed E-state index contributed by atoms with van der Waals surface area (Å²) in [5.74, 6) is -8.00. The first-order chi connectivity index (χ1) is 47.7. The number of nitrogens with one attached hydrogen (secondary N) is 1. The Morgan fingerprint density at radius 3 is 1.43 bits per heavy atom. The van der Waals surface area contributed by atoms with Gasteiger partial charge in [0.15, 0.2) is 18.5 Å². The maximum atomic E-state index is 17.6. The van der Waals surface area contributed by atoms with Crippen LogP contribution in [0.5, 0.6) is 0 Å². The number of esters is 2. The Balaban J connectivity index is 1.55. The lowest BCUT2D eigenvalue weighted by molar-refractivity contribution is -0.268. The van der Waals surface area contributed by atoms with Gasteiger partial charge in [0.2, 0.25) is 0 Å². The number of alkyl halides is 2. The number of unbranched alkanes of at least 4 members (excludes halogenated alkanes) is 26. The van der Waals surface area contributed by atoms with Gasteiger partial charge in [0, 0.05) is 17.0 Å². The Morgan fingerprint density at radius 2 is 0.959 bits per heavy atom. The van der Waals surface area contributed by atoms with Crippen LogP contribution in [0.25, 0.3) is 0 Å². The standard InChI is InChI=1S/C79H114F2NO15P/c1-5-9-12-15-18-21-22-25-28-31-46-57-70(83)93-65(51-40-29-26-23-19-16-13-10-6-2)59-71(84)96-74-72(82-76(85)79(80,81)69(56-45-30-27-24-20-17-14-11-7-3)95-78(87)91-61-64-49-38-33-39-50-64)75(89-58-8-4)94-68(62-92-77(86)90-60-63-47-36-32-37-48-63)73(74)97-98(88,66-52-41-34-42-53-66)67-54-43-35-44-55-67/h8,32-39,41-44,47-50,52-55,65,68-69,72-75H,4-7,9-31,40,45-46,51,56-62H2,1-3H3,(H,82,85)/t65?,68-,69-,72?,73-,74-,75-/m1/s1. The van der Waals surface area contributed by atoms with E-state index in [9.17, 15) is 19.2 Å². The summed E-state index contributed by atoms with van der Waals surface area (Å²) >= 11 is 0. The monoisotopic (exact) mass is 1390 g/mol. The Morgan fingerprint density at radius 1 is 0.531 bits per heavy atom. The molecule has 19 heteroatoms. The average molecular weight is 1390 g/mol. The SMILES string of the molecule is C=CCO[C@@H]1O[C@H](COC(=O)OCc2ccccc2)[C@@H](OP(=O)(c2ccccc2)c2ccccc2)[C@H](OC(=O)CC(CCCCCCCCCCC)OC(=O)CCCCCCCCCCCCC)C1NC(=O)C(F)(F)[C@@H](CCCCCCCCCCC)OC(=O)OCc1ccccc1. The molecule has 1 N–H and O–H groups in total. The van der Waals surface area contributed by atoms with E-state index in [0.29, 0.717) is 30.4 Å². The van der Waals surface area contributed by atoms with Crippen LogP contribution in [0.15, 0.2) is 134 Å². The molecule has 0 bridgehead atoms. The van der Waals surface area contributed by atoms with Crippen molar-refractivity contribution >= 4 is 48.1 Å². The van der Waals surface area contributed by atoms with E-state index in [2.05, 4.69) is 32.7 Å². The minimum Gasteiger partial charge on any atom is -0.462 e. The summed E-state index contributed by atoms with van der Waals surface area (Å²) in [5, 5.41) is 2.71. The van der Waals surface area contributed by atoms with Crippen molar-refractivity contribution in [3.8, 4) is 0 Å². The average Bonchev–Trinajstić information content (AvgIpc) is 0.758. The zero-order valence-corrected chi connectivity index (χ0v) is 59.8. The molecule has 2 unspecified atom stereocenters. The van der Waals surface area contributed by atoms with Crippen LogP contribution in [0.4, 0.5) is 18.4 Å². The molecule has 1 heterocycles. The van der Waals surface area contributed by atoms with Crippen molar-refractivity contribution in [1.82, 2.24) is 5.32 Å². The molecule has 0 aliphatic carbocycles. The van der Waals surface area contributed by atoms with Gasteiger partial charge in [0.25, 0.3) is 13.3 Å². The number of amides is 1. The lowest BCUT2D eigenvalue weighted by Crippen LogP contribution is -2.68. The van der Waals surface area contributed by atoms with Crippen molar-refractivity contribution in [2.45, 2.75) is 295 Å². The molecule has 1 amide bonds. The fourth-order valence-corrected chi connectivity index (χ4v) is 14.3. The maximum Gasteiger partial charge on any atom is 0.509 e. The molecule has 16 nitrogen and oxygen atoms in total. The van der Waals surface area contributed by atoms with Crippen molar-refractivity contribution in [2.75, 3.05) is 13.2 Å². The predicted molar refractivity (Wildman–Crippen MR) is 380 cm³/mol. The highest BCUT2D eigenvalue weighted by Crippen LogP contribution is 2.49. The van der Waals surface area contributed by atoms with E-state index in [-0.39, 0.29) is 49.7 Å². The molecule has 5 rings (SSSR count). The number of halogens is 2. The van der Waals surface area contributed by atoms with Crippen LogP contribution in [-0.2, 0) is 74.6 Å². The van der Waals surface area contributed by atoms with E-state index < -0.39 is 106 Å². The lowest BCUT2D eigenvalue weighted by Gasteiger charge is -2.46. The molecule has 1 aliphatic heterocycles. The van der Waals surface area contributed by atoms with Crippen LogP contribution < -0.4 is 15.9 Å². The molecule has 1 fully saturated rings. The third-order valence-electron chi connectivity index (χ3n) is 17.6. The molecule has 0 aromatic heterocycles. The second kappa shape index (κ2) is 49.1. The normalized spacial score (nSPS) is 16.8. The van der Waals surface area contributed by atoms with Crippen molar-refractivity contribution < 1.29 is 79.7 Å². The molecule has 7 atom stereocenters. The van der Waals surface area contributed by atoms with Crippen molar-refractivity contribution in [1.29, 1.82) is 0 Å². The summed E-state index contributed by atoms with van der Waals surface area (Å²) in [6.07, 6.45) is 16.2. The number of hydrogen-bond acceptors (Lipinski definition) is 15. The molecule has 1 saturated heterocycles. The lowest BCUT2D eigenvalue weighted by atomic mass is 9.95. The first-order valence-electron chi connectivity index (χ1n) is 36.8. The fraction of sp³-hybridized carbons (Fsp3) is 0.608. The first kappa shape index (κ1) is 82.2. The Hall–Kier alpha value is -6.46. The number of carbonyl (C=O) groups is 5. The summed E-state index contributed by atoms with van der Waals surface area (Å²) < 4.78 is 106. The molecule has 0 saturated carbocycles. The summed E-state index contributed by atoms with van der Waals surface area (Å²) in [6, 6.07) is 31.8. The summed E-state index contributed by atoms with van der Waals surface area (Å²) in [6.45, 7) is 8.74. The van der Waals surface area contributed by atoms with Gasteiger partial charge in [-0.05, 0) is 67.5 Å². The molecule has 4 aromatic rings. The number of hydrogen-bond donors (Lipinski definition) is 1. The molecule has 0 radical (unpaired) electrons. The van der Waals surface area contributed by atoms with Gasteiger partial charge in [-0.3, -0.25) is 18.9 Å². The van der Waals surface area contributed by atoms with E-state index in [1.165, 1.54) is 57.4 Å². The number of benzene rings is 4.